The molecule has 0 N–H and O–H groups in total. The van der Waals surface area contributed by atoms with Gasteiger partial charge in [0.2, 0.25) is 5.69 Å². The summed E-state index contributed by atoms with van der Waals surface area (Å²) in [6, 6.07) is 29.2. The second kappa shape index (κ2) is 8.72. The molecule has 0 amide bonds. The monoisotopic (exact) mass is 486 g/mol. The van der Waals surface area contributed by atoms with Gasteiger partial charge in [-0.25, -0.2) is 8.96 Å². The number of hydrogen-bond donors (Lipinski definition) is 0. The van der Waals surface area contributed by atoms with Crippen LogP contribution in [0.2, 0.25) is 0 Å². The molecule has 0 fully saturated rings. The number of hydrogen-bond acceptors (Lipinski definition) is 2. The molecule has 6 rings (SSSR count). The highest BCUT2D eigenvalue weighted by molar-refractivity contribution is 6.13. The van der Waals surface area contributed by atoms with Gasteiger partial charge in [0.25, 0.3) is 0 Å². The van der Waals surface area contributed by atoms with E-state index in [-0.39, 0.29) is 5.56 Å². The number of benzene rings is 4. The van der Waals surface area contributed by atoms with Crippen LogP contribution in [0, 0.1) is 30.9 Å². The molecule has 0 spiro atoms. The Morgan fingerprint density at radius 3 is 2.30 bits per heavy atom. The Labute approximate surface area is 218 Å². The van der Waals surface area contributed by atoms with Crippen molar-refractivity contribution in [3.05, 3.63) is 114 Å². The normalized spacial score (nSPS) is 12.8. The molecule has 6 aromatic rings. The molecule has 4 aromatic carbocycles. The summed E-state index contributed by atoms with van der Waals surface area (Å²) >= 11 is 0. The summed E-state index contributed by atoms with van der Waals surface area (Å²) in [6.45, 7) is -0.666. The van der Waals surface area contributed by atoms with Crippen molar-refractivity contribution in [2.45, 2.75) is 13.8 Å². The van der Waals surface area contributed by atoms with Gasteiger partial charge >= 0.3 is 0 Å². The zero-order valence-corrected chi connectivity index (χ0v) is 20.3. The number of nitrogens with zero attached hydrogens (tertiary/aromatic N) is 2. The van der Waals surface area contributed by atoms with Gasteiger partial charge in [-0.15, -0.1) is 0 Å². The lowest BCUT2D eigenvalue weighted by Crippen LogP contribution is -2.31. The Morgan fingerprint density at radius 2 is 1.57 bits per heavy atom. The second-order valence-corrected chi connectivity index (χ2v) is 9.22. The maximum absolute atomic E-state index is 15.0. The van der Waals surface area contributed by atoms with Crippen LogP contribution < -0.4 is 4.57 Å². The molecule has 0 saturated heterocycles. The van der Waals surface area contributed by atoms with Crippen LogP contribution in [0.5, 0.6) is 0 Å². The highest BCUT2D eigenvalue weighted by atomic mass is 19.1. The van der Waals surface area contributed by atoms with Gasteiger partial charge in [-0.2, -0.15) is 5.26 Å². The summed E-state index contributed by atoms with van der Waals surface area (Å²) in [4.78, 5) is 0. The first-order chi connectivity index (χ1) is 19.2. The Bertz CT molecular complexity index is 1970. The number of fused-ring (bicyclic) bond motifs is 3. The van der Waals surface area contributed by atoms with E-state index in [2.05, 4.69) is 18.2 Å². The lowest BCUT2D eigenvalue weighted by Gasteiger charge is -2.07. The summed E-state index contributed by atoms with van der Waals surface area (Å²) < 4.78 is 46.2. The van der Waals surface area contributed by atoms with Crippen molar-refractivity contribution in [3.63, 3.8) is 0 Å². The van der Waals surface area contributed by atoms with Crippen LogP contribution in [0.4, 0.5) is 4.39 Å². The topological polar surface area (TPSA) is 40.8 Å². The summed E-state index contributed by atoms with van der Waals surface area (Å²) in [6.07, 6.45) is 1.31. The minimum atomic E-state index is -2.57. The third-order valence-electron chi connectivity index (χ3n) is 6.86. The molecule has 2 aromatic heterocycles. The zero-order valence-electron chi connectivity index (χ0n) is 23.3. The third kappa shape index (κ3) is 3.77. The fourth-order valence-electron chi connectivity index (χ4n) is 4.98. The van der Waals surface area contributed by atoms with E-state index in [1.54, 1.807) is 17.7 Å². The minimum absolute atomic E-state index is 0.340. The molecule has 0 saturated carbocycles. The van der Waals surface area contributed by atoms with E-state index < -0.39 is 12.7 Å². The van der Waals surface area contributed by atoms with E-state index in [4.69, 9.17) is 8.53 Å². The predicted molar refractivity (Wildman–Crippen MR) is 145 cm³/mol. The van der Waals surface area contributed by atoms with Gasteiger partial charge in [0.1, 0.15) is 24.0 Å². The first-order valence-corrected chi connectivity index (χ1v) is 11.9. The molecule has 0 aliphatic carbocycles. The third-order valence-corrected chi connectivity index (χ3v) is 6.86. The molecule has 0 unspecified atom stereocenters. The average molecular weight is 487 g/mol. The van der Waals surface area contributed by atoms with E-state index >= 15 is 4.39 Å². The Kier molecular flexibility index (Phi) is 4.58. The minimum Gasteiger partial charge on any atom is -0.454 e. The summed E-state index contributed by atoms with van der Waals surface area (Å²) in [7, 11) is 1.69. The Morgan fingerprint density at radius 1 is 0.838 bits per heavy atom. The van der Waals surface area contributed by atoms with Crippen molar-refractivity contribution in [2.24, 2.45) is 7.05 Å². The van der Waals surface area contributed by atoms with Crippen LogP contribution in [-0.4, -0.2) is 0 Å². The largest absolute Gasteiger partial charge is 0.454 e. The van der Waals surface area contributed by atoms with Gasteiger partial charge in [0.15, 0.2) is 6.20 Å². The van der Waals surface area contributed by atoms with Gasteiger partial charge in [0.05, 0.1) is 17.2 Å². The molecule has 0 aliphatic heterocycles. The lowest BCUT2D eigenvalue weighted by atomic mass is 9.96. The van der Waals surface area contributed by atoms with Crippen molar-refractivity contribution < 1.29 is 17.5 Å². The van der Waals surface area contributed by atoms with E-state index in [0.29, 0.717) is 28.0 Å². The van der Waals surface area contributed by atoms with E-state index in [0.717, 1.165) is 38.6 Å². The molecular weight excluding hydrogens is 459 g/mol. The molecule has 0 atom stereocenters. The Hall–Kier alpha value is -4.75. The number of halogens is 1. The highest BCUT2D eigenvalue weighted by Gasteiger charge is 2.23. The molecule has 0 bridgehead atoms. The fraction of sp³-hybridized carbons (Fsp3) is 0.0909. The van der Waals surface area contributed by atoms with Crippen molar-refractivity contribution in [3.8, 4) is 39.6 Å². The molecule has 0 radical (unpaired) electrons. The van der Waals surface area contributed by atoms with Crippen molar-refractivity contribution in [1.29, 1.82) is 5.26 Å². The van der Waals surface area contributed by atoms with Gasteiger partial charge in [-0.1, -0.05) is 66.7 Å². The SMILES string of the molecule is [2H]C([2H])([2H])c1c[n+](C)c(-c2c(C)ccc3c2oc2c(-c4ccc(-c5ccccc5)cc4)cc(C#N)cc23)cc1F. The molecule has 0 aliphatic rings. The maximum atomic E-state index is 15.0. The molecule has 3 nitrogen and oxygen atoms in total. The number of aryl methyl sites for hydroxylation is 3. The van der Waals surface area contributed by atoms with Crippen LogP contribution >= 0.6 is 0 Å². The summed E-state index contributed by atoms with van der Waals surface area (Å²) in [5.74, 6) is -0.799. The number of aromatic nitrogens is 1. The second-order valence-electron chi connectivity index (χ2n) is 9.22. The number of rotatable bonds is 3. The van der Waals surface area contributed by atoms with E-state index in [1.807, 2.05) is 67.6 Å². The number of furan rings is 1. The quantitative estimate of drug-likeness (QED) is 0.238. The van der Waals surface area contributed by atoms with Gasteiger partial charge in [0, 0.05) is 32.1 Å². The maximum Gasteiger partial charge on any atom is 0.219 e. The number of pyridine rings is 1. The van der Waals surface area contributed by atoms with Crippen molar-refractivity contribution in [2.75, 3.05) is 0 Å². The van der Waals surface area contributed by atoms with Gasteiger partial charge in [-0.3, -0.25) is 0 Å². The van der Waals surface area contributed by atoms with Crippen LogP contribution in [0.15, 0.2) is 95.5 Å². The standard InChI is InChI=1S/C33H24FN2O/c1-20-9-14-26-28-16-22(18-35)15-27(25-12-10-24(11-13-25)23-7-5-4-6-8-23)32(28)37-33(26)31(20)30-17-29(34)21(2)19-36(30)3/h4-17,19H,1-3H3/q+1/i2D3. The first kappa shape index (κ1) is 19.4. The van der Waals surface area contributed by atoms with Crippen LogP contribution in [0.25, 0.3) is 55.4 Å². The highest BCUT2D eigenvalue weighted by Crippen LogP contribution is 2.41. The predicted octanol–water partition coefficient (Wildman–Crippen LogP) is 8.04. The average Bonchev–Trinajstić information content (AvgIpc) is 3.32. The summed E-state index contributed by atoms with van der Waals surface area (Å²) in [5.41, 5.74) is 7.19. The van der Waals surface area contributed by atoms with Crippen molar-refractivity contribution in [1.82, 2.24) is 0 Å². The van der Waals surface area contributed by atoms with Crippen molar-refractivity contribution >= 4 is 21.9 Å². The smallest absolute Gasteiger partial charge is 0.219 e. The molecule has 4 heteroatoms. The number of nitriles is 1. The fourth-order valence-corrected chi connectivity index (χ4v) is 4.98. The first-order valence-electron chi connectivity index (χ1n) is 13.4. The molecule has 178 valence electrons. The summed E-state index contributed by atoms with van der Waals surface area (Å²) in [5, 5.41) is 11.4. The van der Waals surface area contributed by atoms with E-state index in [1.165, 1.54) is 12.3 Å². The molecule has 2 heterocycles. The Balaban J connectivity index is 1.59. The van der Waals surface area contributed by atoms with Gasteiger partial charge < -0.3 is 4.42 Å². The molecular formula is C33H24FN2O+. The van der Waals surface area contributed by atoms with E-state index in [9.17, 15) is 5.26 Å². The molecule has 37 heavy (non-hydrogen) atoms. The van der Waals surface area contributed by atoms with Gasteiger partial charge in [-0.05, 0) is 48.2 Å². The van der Waals surface area contributed by atoms with Crippen LogP contribution in [0.3, 0.4) is 0 Å². The lowest BCUT2D eigenvalue weighted by molar-refractivity contribution is -0.661. The van der Waals surface area contributed by atoms with Crippen LogP contribution in [0.1, 0.15) is 20.8 Å². The zero-order chi connectivity index (χ0) is 28.2. The van der Waals surface area contributed by atoms with Crippen LogP contribution in [-0.2, 0) is 7.05 Å².